The fourth-order valence-electron chi connectivity index (χ4n) is 2.34. The van der Waals surface area contributed by atoms with Crippen molar-refractivity contribution < 1.29 is 4.74 Å². The summed E-state index contributed by atoms with van der Waals surface area (Å²) in [5.41, 5.74) is 2.38. The number of rotatable bonds is 5. The SMILES string of the molecule is COc1ccccc1C(C)N[C@@H](C)c1ccc(Cl)cc1. The summed E-state index contributed by atoms with van der Waals surface area (Å²) in [6.07, 6.45) is 0. The van der Waals surface area contributed by atoms with Crippen LogP contribution in [0.15, 0.2) is 48.5 Å². The van der Waals surface area contributed by atoms with Gasteiger partial charge in [0.05, 0.1) is 7.11 Å². The highest BCUT2D eigenvalue weighted by Gasteiger charge is 2.14. The summed E-state index contributed by atoms with van der Waals surface area (Å²) >= 11 is 5.92. The molecule has 0 amide bonds. The minimum atomic E-state index is 0.205. The molecule has 0 radical (unpaired) electrons. The summed E-state index contributed by atoms with van der Waals surface area (Å²) in [6, 6.07) is 16.5. The van der Waals surface area contributed by atoms with E-state index in [4.69, 9.17) is 16.3 Å². The first kappa shape index (κ1) is 14.9. The molecule has 106 valence electrons. The second kappa shape index (κ2) is 6.78. The Morgan fingerprint density at radius 1 is 0.950 bits per heavy atom. The van der Waals surface area contributed by atoms with Crippen molar-refractivity contribution >= 4 is 11.6 Å². The monoisotopic (exact) mass is 289 g/mol. The summed E-state index contributed by atoms with van der Waals surface area (Å²) in [6.45, 7) is 4.29. The predicted octanol–water partition coefficient (Wildman–Crippen LogP) is 4.76. The maximum absolute atomic E-state index is 5.92. The molecule has 0 aromatic heterocycles. The number of nitrogens with one attached hydrogen (secondary N) is 1. The van der Waals surface area contributed by atoms with Crippen LogP contribution in [0.3, 0.4) is 0 Å². The van der Waals surface area contributed by atoms with Gasteiger partial charge in [-0.15, -0.1) is 0 Å². The van der Waals surface area contributed by atoms with E-state index < -0.39 is 0 Å². The maximum Gasteiger partial charge on any atom is 0.123 e. The smallest absolute Gasteiger partial charge is 0.123 e. The average molecular weight is 290 g/mol. The number of hydrogen-bond acceptors (Lipinski definition) is 2. The Kier molecular flexibility index (Phi) is 5.05. The van der Waals surface area contributed by atoms with Gasteiger partial charge in [0.25, 0.3) is 0 Å². The molecular formula is C17H20ClNO. The second-order valence-corrected chi connectivity index (χ2v) is 5.34. The molecule has 3 heteroatoms. The normalized spacial score (nSPS) is 13.8. The van der Waals surface area contributed by atoms with Crippen LogP contribution in [0, 0.1) is 0 Å². The summed E-state index contributed by atoms with van der Waals surface area (Å²) in [5, 5.41) is 4.35. The summed E-state index contributed by atoms with van der Waals surface area (Å²) in [7, 11) is 1.70. The standard InChI is InChI=1S/C17H20ClNO/c1-12(14-8-10-15(18)11-9-14)19-13(2)16-6-4-5-7-17(16)20-3/h4-13,19H,1-3H3/t12-,13?/m0/s1. The van der Waals surface area contributed by atoms with Crippen LogP contribution in [0.2, 0.25) is 5.02 Å². The summed E-state index contributed by atoms with van der Waals surface area (Å²) in [4.78, 5) is 0. The average Bonchev–Trinajstić information content (AvgIpc) is 2.47. The van der Waals surface area contributed by atoms with E-state index in [1.54, 1.807) is 7.11 Å². The number of ether oxygens (including phenoxy) is 1. The molecule has 20 heavy (non-hydrogen) atoms. The molecule has 0 bridgehead atoms. The van der Waals surface area contributed by atoms with Crippen molar-refractivity contribution in [1.82, 2.24) is 5.32 Å². The molecule has 2 aromatic carbocycles. The Bertz CT molecular complexity index is 553. The van der Waals surface area contributed by atoms with Crippen molar-refractivity contribution in [3.63, 3.8) is 0 Å². The minimum absolute atomic E-state index is 0.205. The zero-order chi connectivity index (χ0) is 14.5. The predicted molar refractivity (Wildman–Crippen MR) is 84.4 cm³/mol. The molecule has 2 aromatic rings. The van der Waals surface area contributed by atoms with Crippen molar-refractivity contribution in [3.8, 4) is 5.75 Å². The van der Waals surface area contributed by atoms with Gasteiger partial charge in [0.15, 0.2) is 0 Å². The van der Waals surface area contributed by atoms with Crippen LogP contribution >= 0.6 is 11.6 Å². The first-order valence-electron chi connectivity index (χ1n) is 6.76. The third-order valence-electron chi connectivity index (χ3n) is 3.48. The highest BCUT2D eigenvalue weighted by Crippen LogP contribution is 2.27. The fourth-order valence-corrected chi connectivity index (χ4v) is 2.46. The number of halogens is 1. The Labute approximate surface area is 125 Å². The molecular weight excluding hydrogens is 270 g/mol. The number of hydrogen-bond donors (Lipinski definition) is 1. The largest absolute Gasteiger partial charge is 0.496 e. The van der Waals surface area contributed by atoms with E-state index in [-0.39, 0.29) is 12.1 Å². The highest BCUT2D eigenvalue weighted by atomic mass is 35.5. The van der Waals surface area contributed by atoms with Gasteiger partial charge >= 0.3 is 0 Å². The van der Waals surface area contributed by atoms with Gasteiger partial charge in [-0.2, -0.15) is 0 Å². The third-order valence-corrected chi connectivity index (χ3v) is 3.73. The Morgan fingerprint density at radius 2 is 1.60 bits per heavy atom. The van der Waals surface area contributed by atoms with E-state index in [9.17, 15) is 0 Å². The maximum atomic E-state index is 5.92. The first-order valence-corrected chi connectivity index (χ1v) is 7.14. The molecule has 1 N–H and O–H groups in total. The van der Waals surface area contributed by atoms with Crippen molar-refractivity contribution in [2.24, 2.45) is 0 Å². The van der Waals surface area contributed by atoms with Gasteiger partial charge in [0.2, 0.25) is 0 Å². The lowest BCUT2D eigenvalue weighted by Crippen LogP contribution is -2.22. The molecule has 2 nitrogen and oxygen atoms in total. The highest BCUT2D eigenvalue weighted by molar-refractivity contribution is 6.30. The first-order chi connectivity index (χ1) is 9.61. The van der Waals surface area contributed by atoms with Crippen molar-refractivity contribution in [3.05, 3.63) is 64.7 Å². The van der Waals surface area contributed by atoms with Crippen LogP contribution in [-0.2, 0) is 0 Å². The Balaban J connectivity index is 2.10. The van der Waals surface area contributed by atoms with Crippen molar-refractivity contribution in [2.45, 2.75) is 25.9 Å². The van der Waals surface area contributed by atoms with E-state index in [1.807, 2.05) is 30.3 Å². The van der Waals surface area contributed by atoms with E-state index >= 15 is 0 Å². The molecule has 0 aliphatic heterocycles. The second-order valence-electron chi connectivity index (χ2n) is 4.90. The van der Waals surface area contributed by atoms with Crippen LogP contribution in [0.25, 0.3) is 0 Å². The molecule has 0 saturated heterocycles. The van der Waals surface area contributed by atoms with Gasteiger partial charge in [0, 0.05) is 22.7 Å². The summed E-state index contributed by atoms with van der Waals surface area (Å²) < 4.78 is 5.41. The number of methoxy groups -OCH3 is 1. The van der Waals surface area contributed by atoms with Crippen LogP contribution in [0.5, 0.6) is 5.75 Å². The Morgan fingerprint density at radius 3 is 2.25 bits per heavy atom. The summed E-state index contributed by atoms with van der Waals surface area (Å²) in [5.74, 6) is 0.913. The molecule has 0 aliphatic rings. The zero-order valence-corrected chi connectivity index (χ0v) is 12.8. The fraction of sp³-hybridized carbons (Fsp3) is 0.294. The number of para-hydroxylation sites is 1. The molecule has 0 fully saturated rings. The van der Waals surface area contributed by atoms with Gasteiger partial charge in [-0.25, -0.2) is 0 Å². The molecule has 0 saturated carbocycles. The molecule has 1 unspecified atom stereocenters. The number of benzene rings is 2. The van der Waals surface area contributed by atoms with Gasteiger partial charge in [-0.05, 0) is 37.6 Å². The van der Waals surface area contributed by atoms with Crippen LogP contribution < -0.4 is 10.1 Å². The molecule has 0 aliphatic carbocycles. The lowest BCUT2D eigenvalue weighted by molar-refractivity contribution is 0.396. The van der Waals surface area contributed by atoms with Gasteiger partial charge in [-0.3, -0.25) is 0 Å². The zero-order valence-electron chi connectivity index (χ0n) is 12.1. The quantitative estimate of drug-likeness (QED) is 0.857. The third kappa shape index (κ3) is 3.53. The van der Waals surface area contributed by atoms with Gasteiger partial charge < -0.3 is 10.1 Å². The van der Waals surface area contributed by atoms with Crippen molar-refractivity contribution in [2.75, 3.05) is 7.11 Å². The Hall–Kier alpha value is -1.51. The van der Waals surface area contributed by atoms with Gasteiger partial charge in [0.1, 0.15) is 5.75 Å². The molecule has 0 heterocycles. The van der Waals surface area contributed by atoms with E-state index in [2.05, 4.69) is 37.4 Å². The van der Waals surface area contributed by atoms with E-state index in [0.29, 0.717) is 0 Å². The lowest BCUT2D eigenvalue weighted by atomic mass is 10.0. The topological polar surface area (TPSA) is 21.3 Å². The van der Waals surface area contributed by atoms with Crippen LogP contribution in [0.4, 0.5) is 0 Å². The minimum Gasteiger partial charge on any atom is -0.496 e. The van der Waals surface area contributed by atoms with Crippen LogP contribution in [-0.4, -0.2) is 7.11 Å². The molecule has 0 spiro atoms. The van der Waals surface area contributed by atoms with Crippen LogP contribution in [0.1, 0.15) is 37.1 Å². The molecule has 2 rings (SSSR count). The lowest BCUT2D eigenvalue weighted by Gasteiger charge is -2.22. The molecule has 2 atom stereocenters. The van der Waals surface area contributed by atoms with E-state index in [0.717, 1.165) is 16.3 Å². The van der Waals surface area contributed by atoms with E-state index in [1.165, 1.54) is 5.56 Å². The van der Waals surface area contributed by atoms with Gasteiger partial charge in [-0.1, -0.05) is 41.9 Å². The van der Waals surface area contributed by atoms with Crippen molar-refractivity contribution in [1.29, 1.82) is 0 Å².